The van der Waals surface area contributed by atoms with Crippen LogP contribution in [0.25, 0.3) is 0 Å². The molecule has 0 aliphatic heterocycles. The molecule has 0 spiro atoms. The Morgan fingerprint density at radius 2 is 2.00 bits per heavy atom. The van der Waals surface area contributed by atoms with Gasteiger partial charge in [-0.25, -0.2) is 5.53 Å². The van der Waals surface area contributed by atoms with Crippen LogP contribution >= 0.6 is 12.4 Å². The second-order valence-electron chi connectivity index (χ2n) is 0.235. The predicted molar refractivity (Wildman–Crippen MR) is 18.5 cm³/mol. The van der Waals surface area contributed by atoms with Gasteiger partial charge in [-0.3, -0.25) is 4.79 Å². The van der Waals surface area contributed by atoms with E-state index in [1.54, 1.807) is 0 Å². The van der Waals surface area contributed by atoms with Crippen LogP contribution in [0.3, 0.4) is 0 Å². The van der Waals surface area contributed by atoms with E-state index in [9.17, 15) is 0 Å². The summed E-state index contributed by atoms with van der Waals surface area (Å²) in [6, 6.07) is 0. The van der Waals surface area contributed by atoms with Crippen LogP contribution in [0, 0.1) is 5.53 Å². The fourth-order valence-electron chi connectivity index (χ4n) is 0. The van der Waals surface area contributed by atoms with Gasteiger partial charge in [0.1, 0.15) is 0 Å². The van der Waals surface area contributed by atoms with Gasteiger partial charge in [-0.1, -0.05) is 0 Å². The van der Waals surface area contributed by atoms with Crippen molar-refractivity contribution >= 4 is 18.8 Å². The highest BCUT2D eigenvalue weighted by Gasteiger charge is 1.39. The standard InChI is InChI=1S/CH2N2O.ClH/c2-3-1-4;/h1-2H;1H. The minimum absolute atomic E-state index is 0. The molecule has 0 radical (unpaired) electrons. The second-order valence-corrected chi connectivity index (χ2v) is 0.235. The van der Waals surface area contributed by atoms with Crippen LogP contribution < -0.4 is 0 Å². The molecule has 0 heterocycles. The summed E-state index contributed by atoms with van der Waals surface area (Å²) >= 11 is 0. The first-order valence-corrected chi connectivity index (χ1v) is 0.718. The number of rotatable bonds is 1. The molecule has 0 unspecified atom stereocenters. The van der Waals surface area contributed by atoms with Crippen LogP contribution in [0.2, 0.25) is 0 Å². The van der Waals surface area contributed by atoms with Crippen molar-refractivity contribution in [1.82, 2.24) is 0 Å². The lowest BCUT2D eigenvalue weighted by Gasteiger charge is -1.39. The molecule has 0 bridgehead atoms. The lowest BCUT2D eigenvalue weighted by molar-refractivity contribution is -0.107. The van der Waals surface area contributed by atoms with Crippen molar-refractivity contribution in [1.29, 1.82) is 5.53 Å². The van der Waals surface area contributed by atoms with Crippen molar-refractivity contribution in [3.63, 3.8) is 0 Å². The molecule has 3 nitrogen and oxygen atoms in total. The number of hydrogen-bond acceptors (Lipinski definition) is 2. The normalized spacial score (nSPS) is 4.00. The van der Waals surface area contributed by atoms with Gasteiger partial charge in [0.05, 0.1) is 0 Å². The molecular formula is CH3ClN2O. The van der Waals surface area contributed by atoms with E-state index in [4.69, 9.17) is 10.3 Å². The Labute approximate surface area is 35.3 Å². The maximum atomic E-state index is 8.82. The summed E-state index contributed by atoms with van der Waals surface area (Å²) < 4.78 is 0. The molecule has 5 heavy (non-hydrogen) atoms. The highest BCUT2D eigenvalue weighted by Crippen LogP contribution is 1.35. The smallest absolute Gasteiger partial charge is 0.251 e. The largest absolute Gasteiger partial charge is 0.275 e. The molecule has 0 aromatic rings. The van der Waals surface area contributed by atoms with E-state index in [1.165, 1.54) is 0 Å². The molecule has 0 saturated heterocycles. The summed E-state index contributed by atoms with van der Waals surface area (Å²) in [5.74, 6) is 0. The maximum absolute atomic E-state index is 8.82. The Hall–Kier alpha value is -0.440. The first kappa shape index (κ1) is 8.82. The first-order valence-electron chi connectivity index (χ1n) is 0.718. The number of carbonyl (C=O) groups is 1. The van der Waals surface area contributed by atoms with E-state index in [-0.39, 0.29) is 18.8 Å². The third-order valence-electron chi connectivity index (χ3n) is 0.0527. The second kappa shape index (κ2) is 9.59. The van der Waals surface area contributed by atoms with Crippen molar-refractivity contribution in [2.24, 2.45) is 5.11 Å². The summed E-state index contributed by atoms with van der Waals surface area (Å²) in [5, 5.41) is 2.31. The number of amides is 1. The van der Waals surface area contributed by atoms with Gasteiger partial charge in [0.2, 0.25) is 0 Å². The minimum Gasteiger partial charge on any atom is -0.275 e. The number of carbonyl (C=O) groups excluding carboxylic acids is 1. The number of halogens is 1. The first-order chi connectivity index (χ1) is 1.91. The molecule has 30 valence electrons. The maximum Gasteiger partial charge on any atom is 0.251 e. The average Bonchev–Trinajstić information content (AvgIpc) is 1.37. The quantitative estimate of drug-likeness (QED) is 0.375. The van der Waals surface area contributed by atoms with E-state index < -0.39 is 0 Å². The fourth-order valence-corrected chi connectivity index (χ4v) is 0. The van der Waals surface area contributed by atoms with Gasteiger partial charge in [-0.15, -0.1) is 17.5 Å². The minimum atomic E-state index is 0. The van der Waals surface area contributed by atoms with Crippen molar-refractivity contribution in [2.75, 3.05) is 0 Å². The van der Waals surface area contributed by atoms with E-state index in [1.807, 2.05) is 0 Å². The van der Waals surface area contributed by atoms with Crippen LogP contribution in [0.5, 0.6) is 0 Å². The van der Waals surface area contributed by atoms with E-state index >= 15 is 0 Å². The molecule has 0 aliphatic rings. The zero-order chi connectivity index (χ0) is 3.41. The van der Waals surface area contributed by atoms with E-state index in [2.05, 4.69) is 5.11 Å². The summed E-state index contributed by atoms with van der Waals surface area (Å²) in [6.07, 6.45) is 0.167. The average molecular weight is 94.5 g/mol. The molecule has 0 aromatic carbocycles. The van der Waals surface area contributed by atoms with E-state index in [0.29, 0.717) is 0 Å². The molecule has 4 heteroatoms. The molecule has 0 fully saturated rings. The number of nitrogens with one attached hydrogen (secondary N) is 1. The molecule has 1 amide bonds. The Bertz CT molecular complexity index is 30.6. The highest BCUT2D eigenvalue weighted by molar-refractivity contribution is 5.85. The summed E-state index contributed by atoms with van der Waals surface area (Å²) in [6.45, 7) is 0. The van der Waals surface area contributed by atoms with Crippen LogP contribution in [-0.4, -0.2) is 6.41 Å². The van der Waals surface area contributed by atoms with Crippen LogP contribution in [-0.2, 0) is 4.79 Å². The number of hydrogen-bond donors (Lipinski definition) is 1. The third-order valence-corrected chi connectivity index (χ3v) is 0.0527. The van der Waals surface area contributed by atoms with Crippen molar-refractivity contribution in [2.45, 2.75) is 0 Å². The van der Waals surface area contributed by atoms with Crippen molar-refractivity contribution < 1.29 is 4.79 Å². The van der Waals surface area contributed by atoms with Gasteiger partial charge in [0, 0.05) is 0 Å². The van der Waals surface area contributed by atoms with Crippen molar-refractivity contribution in [3.8, 4) is 0 Å². The predicted octanol–water partition coefficient (Wildman–Crippen LogP) is 0.596. The zero-order valence-electron chi connectivity index (χ0n) is 2.34. The van der Waals surface area contributed by atoms with Gasteiger partial charge in [-0.2, -0.15) is 0 Å². The van der Waals surface area contributed by atoms with Gasteiger partial charge >= 0.3 is 0 Å². The molecule has 0 saturated carbocycles. The topological polar surface area (TPSA) is 53.3 Å². The monoisotopic (exact) mass is 94.0 g/mol. The third kappa shape index (κ3) is 27.6. The highest BCUT2D eigenvalue weighted by atomic mass is 35.5. The lowest BCUT2D eigenvalue weighted by Crippen LogP contribution is -1.44. The Balaban J connectivity index is 0. The van der Waals surface area contributed by atoms with Crippen LogP contribution in [0.15, 0.2) is 5.11 Å². The van der Waals surface area contributed by atoms with Gasteiger partial charge in [0.15, 0.2) is 0 Å². The number of nitrogens with zero attached hydrogens (tertiary/aromatic N) is 1. The summed E-state index contributed by atoms with van der Waals surface area (Å²) in [5.41, 5.74) is 5.71. The molecular weight excluding hydrogens is 91.5 g/mol. The molecule has 0 aromatic heterocycles. The summed E-state index contributed by atoms with van der Waals surface area (Å²) in [7, 11) is 0. The van der Waals surface area contributed by atoms with E-state index in [0.717, 1.165) is 0 Å². The van der Waals surface area contributed by atoms with Gasteiger partial charge < -0.3 is 0 Å². The summed E-state index contributed by atoms with van der Waals surface area (Å²) in [4.78, 5) is 8.82. The lowest BCUT2D eigenvalue weighted by atomic mass is 11.5. The fraction of sp³-hybridized carbons (Fsp3) is 0. The van der Waals surface area contributed by atoms with Crippen LogP contribution in [0.1, 0.15) is 0 Å². The molecule has 0 atom stereocenters. The SMILES string of the molecule is Cl.N=NC=O. The Kier molecular flexibility index (Phi) is 16.9. The van der Waals surface area contributed by atoms with Crippen molar-refractivity contribution in [3.05, 3.63) is 0 Å². The Morgan fingerprint density at radius 3 is 2.00 bits per heavy atom. The molecule has 0 rings (SSSR count). The van der Waals surface area contributed by atoms with Gasteiger partial charge in [0.25, 0.3) is 6.41 Å². The molecule has 0 aliphatic carbocycles. The zero-order valence-corrected chi connectivity index (χ0v) is 3.16. The van der Waals surface area contributed by atoms with Gasteiger partial charge in [-0.05, 0) is 0 Å². The van der Waals surface area contributed by atoms with Crippen LogP contribution in [0.4, 0.5) is 0 Å². The molecule has 1 N–H and O–H groups in total. The Morgan fingerprint density at radius 1 is 1.80 bits per heavy atom.